The zero-order valence-electron chi connectivity index (χ0n) is 8.69. The number of hydrogen-bond donors (Lipinski definition) is 2. The van der Waals surface area contributed by atoms with Gasteiger partial charge in [0.15, 0.2) is 5.82 Å². The fourth-order valence-corrected chi connectivity index (χ4v) is 2.01. The van der Waals surface area contributed by atoms with Crippen molar-refractivity contribution in [3.63, 3.8) is 0 Å². The third kappa shape index (κ3) is 2.27. The summed E-state index contributed by atoms with van der Waals surface area (Å²) >= 11 is 1.67. The van der Waals surface area contributed by atoms with E-state index < -0.39 is 0 Å². The number of rotatable bonds is 3. The molecule has 6 heteroatoms. The summed E-state index contributed by atoms with van der Waals surface area (Å²) < 4.78 is 1.69. The monoisotopic (exact) mass is 223 g/mol. The minimum Gasteiger partial charge on any atom is -0.394 e. The number of aryl methyl sites for hydroxylation is 2. The largest absolute Gasteiger partial charge is 0.394 e. The summed E-state index contributed by atoms with van der Waals surface area (Å²) in [5.41, 5.74) is 6.41. The summed E-state index contributed by atoms with van der Waals surface area (Å²) in [7, 11) is 1.84. The minimum absolute atomic E-state index is 0.658. The first-order chi connectivity index (χ1) is 7.15. The maximum atomic E-state index is 5.75. The van der Waals surface area contributed by atoms with Crippen LogP contribution in [0.25, 0.3) is 0 Å². The summed E-state index contributed by atoms with van der Waals surface area (Å²) in [5, 5.41) is 8.38. The van der Waals surface area contributed by atoms with E-state index in [9.17, 15) is 0 Å². The van der Waals surface area contributed by atoms with Crippen LogP contribution in [0.1, 0.15) is 9.88 Å². The van der Waals surface area contributed by atoms with Gasteiger partial charge in [0.05, 0.1) is 12.2 Å². The molecule has 2 aromatic rings. The van der Waals surface area contributed by atoms with Crippen LogP contribution in [0.15, 0.2) is 12.4 Å². The molecule has 0 radical (unpaired) electrons. The van der Waals surface area contributed by atoms with Crippen molar-refractivity contribution in [2.45, 2.75) is 13.5 Å². The molecule has 0 aromatic carbocycles. The molecule has 5 nitrogen and oxygen atoms in total. The van der Waals surface area contributed by atoms with E-state index in [2.05, 4.69) is 15.4 Å². The van der Waals surface area contributed by atoms with Gasteiger partial charge in [0.25, 0.3) is 0 Å². The van der Waals surface area contributed by atoms with Gasteiger partial charge in [-0.25, -0.2) is 4.98 Å². The Morgan fingerprint density at radius 3 is 2.93 bits per heavy atom. The van der Waals surface area contributed by atoms with Gasteiger partial charge in [0, 0.05) is 24.3 Å². The maximum Gasteiger partial charge on any atom is 0.171 e. The van der Waals surface area contributed by atoms with Crippen molar-refractivity contribution in [3.8, 4) is 0 Å². The second-order valence-corrected chi connectivity index (χ2v) is 4.64. The molecule has 0 unspecified atom stereocenters. The molecule has 15 heavy (non-hydrogen) atoms. The highest BCUT2D eigenvalue weighted by molar-refractivity contribution is 7.11. The van der Waals surface area contributed by atoms with E-state index in [0.717, 1.165) is 5.01 Å². The number of aromatic nitrogens is 3. The average molecular weight is 223 g/mol. The molecule has 0 aliphatic carbocycles. The van der Waals surface area contributed by atoms with Gasteiger partial charge in [-0.2, -0.15) is 5.10 Å². The molecule has 3 N–H and O–H groups in total. The highest BCUT2D eigenvalue weighted by atomic mass is 32.1. The first kappa shape index (κ1) is 9.97. The van der Waals surface area contributed by atoms with Crippen LogP contribution in [0, 0.1) is 6.92 Å². The molecule has 0 spiro atoms. The average Bonchev–Trinajstić information content (AvgIpc) is 2.70. The molecule has 0 bridgehead atoms. The van der Waals surface area contributed by atoms with Gasteiger partial charge in [-0.15, -0.1) is 11.3 Å². The molecule has 0 amide bonds. The van der Waals surface area contributed by atoms with Gasteiger partial charge >= 0.3 is 0 Å². The van der Waals surface area contributed by atoms with Crippen molar-refractivity contribution in [2.24, 2.45) is 7.05 Å². The smallest absolute Gasteiger partial charge is 0.171 e. The van der Waals surface area contributed by atoms with Crippen molar-refractivity contribution < 1.29 is 0 Å². The van der Waals surface area contributed by atoms with Crippen molar-refractivity contribution in [1.29, 1.82) is 0 Å². The maximum absolute atomic E-state index is 5.75. The van der Waals surface area contributed by atoms with Crippen molar-refractivity contribution >= 4 is 22.8 Å². The number of nitrogens with one attached hydrogen (secondary N) is 1. The molecule has 0 saturated heterocycles. The lowest BCUT2D eigenvalue weighted by molar-refractivity contribution is 0.768. The Morgan fingerprint density at radius 1 is 1.60 bits per heavy atom. The summed E-state index contributed by atoms with van der Waals surface area (Å²) in [6.07, 6.45) is 3.64. The number of thiazole rings is 1. The first-order valence-electron chi connectivity index (χ1n) is 4.59. The van der Waals surface area contributed by atoms with Crippen molar-refractivity contribution in [2.75, 3.05) is 11.1 Å². The molecule has 0 fully saturated rings. The lowest BCUT2D eigenvalue weighted by Gasteiger charge is -2.00. The van der Waals surface area contributed by atoms with E-state index in [1.165, 1.54) is 4.88 Å². The quantitative estimate of drug-likeness (QED) is 0.824. The fourth-order valence-electron chi connectivity index (χ4n) is 1.29. The second kappa shape index (κ2) is 3.90. The Hall–Kier alpha value is -1.56. The van der Waals surface area contributed by atoms with Crippen LogP contribution in [-0.4, -0.2) is 14.8 Å². The molecule has 2 heterocycles. The van der Waals surface area contributed by atoms with Crippen molar-refractivity contribution in [1.82, 2.24) is 14.8 Å². The molecule has 0 aliphatic heterocycles. The Morgan fingerprint density at radius 2 is 2.40 bits per heavy atom. The summed E-state index contributed by atoms with van der Waals surface area (Å²) in [6, 6.07) is 0. The van der Waals surface area contributed by atoms with E-state index in [1.807, 2.05) is 20.2 Å². The number of hydrogen-bond acceptors (Lipinski definition) is 5. The van der Waals surface area contributed by atoms with Gasteiger partial charge in [0.2, 0.25) is 0 Å². The van der Waals surface area contributed by atoms with Gasteiger partial charge in [-0.1, -0.05) is 0 Å². The topological polar surface area (TPSA) is 68.8 Å². The molecular formula is C9H13N5S. The van der Waals surface area contributed by atoms with E-state index in [-0.39, 0.29) is 0 Å². The Kier molecular flexibility index (Phi) is 2.59. The lowest BCUT2D eigenvalue weighted by Crippen LogP contribution is -2.02. The zero-order valence-corrected chi connectivity index (χ0v) is 9.51. The van der Waals surface area contributed by atoms with Crippen LogP contribution in [-0.2, 0) is 13.6 Å². The first-order valence-corrected chi connectivity index (χ1v) is 5.41. The Bertz CT molecular complexity index is 459. The third-order valence-electron chi connectivity index (χ3n) is 1.93. The van der Waals surface area contributed by atoms with E-state index in [0.29, 0.717) is 18.1 Å². The van der Waals surface area contributed by atoms with Gasteiger partial charge in [0.1, 0.15) is 5.01 Å². The molecule has 2 aromatic heterocycles. The molecule has 80 valence electrons. The number of anilines is 2. The van der Waals surface area contributed by atoms with E-state index in [4.69, 9.17) is 5.73 Å². The fraction of sp³-hybridized carbons (Fsp3) is 0.333. The van der Waals surface area contributed by atoms with Crippen LogP contribution in [0.5, 0.6) is 0 Å². The van der Waals surface area contributed by atoms with Crippen LogP contribution >= 0.6 is 11.3 Å². The molecule has 0 saturated carbocycles. The number of nitrogen functional groups attached to an aromatic ring is 1. The van der Waals surface area contributed by atoms with Crippen molar-refractivity contribution in [3.05, 3.63) is 22.3 Å². The van der Waals surface area contributed by atoms with Crippen LogP contribution in [0.3, 0.4) is 0 Å². The minimum atomic E-state index is 0.658. The predicted molar refractivity (Wildman–Crippen MR) is 61.8 cm³/mol. The summed E-state index contributed by atoms with van der Waals surface area (Å²) in [4.78, 5) is 5.46. The van der Waals surface area contributed by atoms with Gasteiger partial charge in [-0.3, -0.25) is 4.68 Å². The van der Waals surface area contributed by atoms with E-state index >= 15 is 0 Å². The summed E-state index contributed by atoms with van der Waals surface area (Å²) in [5.74, 6) is 0.713. The SMILES string of the molecule is Cc1cnc(CNc2nn(C)cc2N)s1. The Balaban J connectivity index is 2.01. The van der Waals surface area contributed by atoms with Gasteiger partial charge < -0.3 is 11.1 Å². The molecule has 0 atom stereocenters. The van der Waals surface area contributed by atoms with Crippen LogP contribution in [0.2, 0.25) is 0 Å². The van der Waals surface area contributed by atoms with Crippen LogP contribution in [0.4, 0.5) is 11.5 Å². The van der Waals surface area contributed by atoms with Gasteiger partial charge in [-0.05, 0) is 6.92 Å². The molecule has 2 rings (SSSR count). The number of nitrogens with two attached hydrogens (primary N) is 1. The lowest BCUT2D eigenvalue weighted by atomic mass is 10.5. The number of nitrogens with zero attached hydrogens (tertiary/aromatic N) is 3. The zero-order chi connectivity index (χ0) is 10.8. The van der Waals surface area contributed by atoms with E-state index in [1.54, 1.807) is 22.2 Å². The highest BCUT2D eigenvalue weighted by Crippen LogP contribution is 2.17. The normalized spacial score (nSPS) is 10.5. The Labute approximate surface area is 91.9 Å². The van der Waals surface area contributed by atoms with Crippen LogP contribution < -0.4 is 11.1 Å². The highest BCUT2D eigenvalue weighted by Gasteiger charge is 2.04. The molecule has 0 aliphatic rings. The molecular weight excluding hydrogens is 210 g/mol. The summed E-state index contributed by atoms with van der Waals surface area (Å²) in [6.45, 7) is 2.70. The standard InChI is InChI=1S/C9H13N5S/c1-6-3-11-8(15-6)4-12-9-7(10)5-14(2)13-9/h3,5H,4,10H2,1-2H3,(H,12,13). The second-order valence-electron chi connectivity index (χ2n) is 3.32. The third-order valence-corrected chi connectivity index (χ3v) is 2.85. The predicted octanol–water partition coefficient (Wildman–Crippen LogP) is 1.38.